The van der Waals surface area contributed by atoms with Gasteiger partial charge in [0.2, 0.25) is 0 Å². The molecule has 0 unspecified atom stereocenters. The van der Waals surface area contributed by atoms with Crippen LogP contribution in [0.15, 0.2) is 16.8 Å². The topological polar surface area (TPSA) is 23.5 Å². The molecule has 2 nitrogen and oxygen atoms in total. The fraction of sp³-hybridized carbons (Fsp3) is 0.556. The first-order chi connectivity index (χ1) is 5.68. The molecule has 1 aromatic heterocycles. The molecule has 3 heteroatoms. The summed E-state index contributed by atoms with van der Waals surface area (Å²) in [6.45, 7) is 3.47. The van der Waals surface area contributed by atoms with Crippen LogP contribution in [-0.4, -0.2) is 29.7 Å². The number of rotatable bonds is 4. The molecule has 0 radical (unpaired) electrons. The molecule has 68 valence electrons. The van der Waals surface area contributed by atoms with Crippen LogP contribution < -0.4 is 0 Å². The zero-order valence-electron chi connectivity index (χ0n) is 7.53. The Morgan fingerprint density at radius 1 is 1.67 bits per heavy atom. The average Bonchev–Trinajstić information content (AvgIpc) is 2.37. The van der Waals surface area contributed by atoms with E-state index >= 15 is 0 Å². The van der Waals surface area contributed by atoms with E-state index in [-0.39, 0.29) is 6.10 Å². The lowest BCUT2D eigenvalue weighted by molar-refractivity contribution is 0.138. The van der Waals surface area contributed by atoms with Crippen molar-refractivity contribution < 1.29 is 5.11 Å². The molecule has 0 amide bonds. The van der Waals surface area contributed by atoms with Gasteiger partial charge in [-0.1, -0.05) is 0 Å². The maximum absolute atomic E-state index is 9.11. The minimum Gasteiger partial charge on any atom is -0.392 e. The van der Waals surface area contributed by atoms with Crippen molar-refractivity contribution in [1.29, 1.82) is 0 Å². The number of aliphatic hydroxyl groups excluding tert-OH is 1. The van der Waals surface area contributed by atoms with E-state index in [1.807, 2.05) is 14.0 Å². The molecular weight excluding hydrogens is 170 g/mol. The lowest BCUT2D eigenvalue weighted by atomic mass is 10.3. The number of nitrogens with zero attached hydrogens (tertiary/aromatic N) is 1. The van der Waals surface area contributed by atoms with Crippen LogP contribution in [0.5, 0.6) is 0 Å². The largest absolute Gasteiger partial charge is 0.392 e. The van der Waals surface area contributed by atoms with Crippen LogP contribution >= 0.6 is 11.3 Å². The molecule has 1 heterocycles. The maximum atomic E-state index is 9.11. The molecule has 0 bridgehead atoms. The van der Waals surface area contributed by atoms with E-state index in [2.05, 4.69) is 21.7 Å². The Labute approximate surface area is 77.5 Å². The first kappa shape index (κ1) is 9.71. The summed E-state index contributed by atoms with van der Waals surface area (Å²) in [5.74, 6) is 0. The fourth-order valence-electron chi connectivity index (χ4n) is 1.21. The second kappa shape index (κ2) is 4.60. The summed E-state index contributed by atoms with van der Waals surface area (Å²) < 4.78 is 0. The van der Waals surface area contributed by atoms with E-state index in [9.17, 15) is 0 Å². The first-order valence-corrected chi connectivity index (χ1v) is 5.00. The van der Waals surface area contributed by atoms with Crippen LogP contribution in [0.4, 0.5) is 0 Å². The number of thiophene rings is 1. The predicted molar refractivity (Wildman–Crippen MR) is 52.3 cm³/mol. The van der Waals surface area contributed by atoms with Gasteiger partial charge < -0.3 is 5.11 Å². The summed E-state index contributed by atoms with van der Waals surface area (Å²) in [5, 5.41) is 13.3. The van der Waals surface area contributed by atoms with Gasteiger partial charge in [-0.25, -0.2) is 0 Å². The number of likely N-dealkylation sites (N-methyl/N-ethyl adjacent to an activating group) is 1. The molecule has 0 spiro atoms. The third kappa shape index (κ3) is 3.34. The average molecular weight is 185 g/mol. The highest BCUT2D eigenvalue weighted by molar-refractivity contribution is 7.07. The van der Waals surface area contributed by atoms with Crippen LogP contribution in [0.25, 0.3) is 0 Å². The summed E-state index contributed by atoms with van der Waals surface area (Å²) in [7, 11) is 2.02. The molecule has 0 aliphatic rings. The monoisotopic (exact) mass is 185 g/mol. The Morgan fingerprint density at radius 2 is 2.42 bits per heavy atom. The van der Waals surface area contributed by atoms with Crippen molar-refractivity contribution in [3.05, 3.63) is 22.4 Å². The third-order valence-corrected chi connectivity index (χ3v) is 2.34. The number of hydrogen-bond acceptors (Lipinski definition) is 3. The van der Waals surface area contributed by atoms with Gasteiger partial charge in [0.25, 0.3) is 0 Å². The molecule has 0 saturated carbocycles. The standard InChI is InChI=1S/C9H15NOS/c1-8(11)5-10(2)6-9-3-4-12-7-9/h3-4,7-8,11H,5-6H2,1-2H3/t8-/m0/s1. The van der Waals surface area contributed by atoms with E-state index in [1.165, 1.54) is 5.56 Å². The van der Waals surface area contributed by atoms with Crippen molar-refractivity contribution in [1.82, 2.24) is 4.90 Å². The van der Waals surface area contributed by atoms with E-state index < -0.39 is 0 Å². The molecule has 1 aromatic rings. The molecule has 0 aliphatic carbocycles. The van der Waals surface area contributed by atoms with Crippen LogP contribution in [-0.2, 0) is 6.54 Å². The molecule has 1 atom stereocenters. The summed E-state index contributed by atoms with van der Waals surface area (Å²) in [6, 6.07) is 2.11. The van der Waals surface area contributed by atoms with Gasteiger partial charge in [0.1, 0.15) is 0 Å². The maximum Gasteiger partial charge on any atom is 0.0639 e. The lowest BCUT2D eigenvalue weighted by Crippen LogP contribution is -2.26. The smallest absolute Gasteiger partial charge is 0.0639 e. The van der Waals surface area contributed by atoms with E-state index in [4.69, 9.17) is 5.11 Å². The minimum absolute atomic E-state index is 0.242. The van der Waals surface area contributed by atoms with Gasteiger partial charge in [0, 0.05) is 13.1 Å². The second-order valence-corrected chi connectivity index (χ2v) is 3.96. The van der Waals surface area contributed by atoms with Gasteiger partial charge in [-0.3, -0.25) is 4.90 Å². The first-order valence-electron chi connectivity index (χ1n) is 4.06. The quantitative estimate of drug-likeness (QED) is 0.769. The molecular formula is C9H15NOS. The zero-order chi connectivity index (χ0) is 8.97. The normalized spacial score (nSPS) is 13.7. The van der Waals surface area contributed by atoms with Gasteiger partial charge in [-0.2, -0.15) is 11.3 Å². The van der Waals surface area contributed by atoms with Crippen molar-refractivity contribution in [2.75, 3.05) is 13.6 Å². The van der Waals surface area contributed by atoms with Crippen molar-refractivity contribution >= 4 is 11.3 Å². The highest BCUT2D eigenvalue weighted by atomic mass is 32.1. The van der Waals surface area contributed by atoms with Gasteiger partial charge in [-0.15, -0.1) is 0 Å². The predicted octanol–water partition coefficient (Wildman–Crippen LogP) is 1.56. The summed E-state index contributed by atoms with van der Waals surface area (Å²) in [6.07, 6.45) is -0.242. The van der Waals surface area contributed by atoms with Gasteiger partial charge in [0.05, 0.1) is 6.10 Å². The molecule has 0 aromatic carbocycles. The van der Waals surface area contributed by atoms with Gasteiger partial charge in [0.15, 0.2) is 0 Å². The van der Waals surface area contributed by atoms with Gasteiger partial charge >= 0.3 is 0 Å². The van der Waals surface area contributed by atoms with Crippen molar-refractivity contribution in [3.63, 3.8) is 0 Å². The molecule has 0 saturated heterocycles. The molecule has 0 fully saturated rings. The highest BCUT2D eigenvalue weighted by Gasteiger charge is 2.03. The molecule has 1 rings (SSSR count). The number of hydrogen-bond donors (Lipinski definition) is 1. The van der Waals surface area contributed by atoms with E-state index in [0.717, 1.165) is 13.1 Å². The Bertz CT molecular complexity index is 208. The van der Waals surface area contributed by atoms with E-state index in [0.29, 0.717) is 0 Å². The number of aliphatic hydroxyl groups is 1. The summed E-state index contributed by atoms with van der Waals surface area (Å²) >= 11 is 1.71. The fourth-order valence-corrected chi connectivity index (χ4v) is 1.87. The Balaban J connectivity index is 2.32. The highest BCUT2D eigenvalue weighted by Crippen LogP contribution is 2.08. The summed E-state index contributed by atoms with van der Waals surface area (Å²) in [4.78, 5) is 2.12. The van der Waals surface area contributed by atoms with Crippen LogP contribution in [0.3, 0.4) is 0 Å². The van der Waals surface area contributed by atoms with E-state index in [1.54, 1.807) is 11.3 Å². The van der Waals surface area contributed by atoms with Crippen LogP contribution in [0, 0.1) is 0 Å². The van der Waals surface area contributed by atoms with Crippen molar-refractivity contribution in [2.45, 2.75) is 19.6 Å². The van der Waals surface area contributed by atoms with Gasteiger partial charge in [-0.05, 0) is 36.4 Å². The molecule has 0 aliphatic heterocycles. The summed E-state index contributed by atoms with van der Waals surface area (Å²) in [5.41, 5.74) is 1.32. The van der Waals surface area contributed by atoms with Crippen molar-refractivity contribution in [2.24, 2.45) is 0 Å². The lowest BCUT2D eigenvalue weighted by Gasteiger charge is -2.17. The Kier molecular flexibility index (Phi) is 3.72. The Hall–Kier alpha value is -0.380. The Morgan fingerprint density at radius 3 is 2.92 bits per heavy atom. The van der Waals surface area contributed by atoms with Crippen LogP contribution in [0.2, 0.25) is 0 Å². The SMILES string of the molecule is C[C@H](O)CN(C)Cc1ccsc1. The molecule has 12 heavy (non-hydrogen) atoms. The second-order valence-electron chi connectivity index (χ2n) is 3.18. The van der Waals surface area contributed by atoms with Crippen molar-refractivity contribution in [3.8, 4) is 0 Å². The third-order valence-electron chi connectivity index (χ3n) is 1.61. The minimum atomic E-state index is -0.242. The zero-order valence-corrected chi connectivity index (χ0v) is 8.34. The van der Waals surface area contributed by atoms with Crippen LogP contribution in [0.1, 0.15) is 12.5 Å². The molecule has 1 N–H and O–H groups in total.